The Morgan fingerprint density at radius 1 is 0.944 bits per heavy atom. The second-order valence-electron chi connectivity index (χ2n) is 3.80. The maximum atomic E-state index is 5.59. The van der Waals surface area contributed by atoms with Crippen LogP contribution in [0.2, 0.25) is 0 Å². The first-order chi connectivity index (χ1) is 8.81. The highest BCUT2D eigenvalue weighted by Crippen LogP contribution is 2.21. The number of H-pyrrole nitrogens is 1. The first-order valence-corrected chi connectivity index (χ1v) is 5.39. The fourth-order valence-corrected chi connectivity index (χ4v) is 1.55. The van der Waals surface area contributed by atoms with Gasteiger partial charge in [-0.3, -0.25) is 5.10 Å². The number of hydrogen-bond acceptors (Lipinski definition) is 5. The molecule has 0 saturated heterocycles. The van der Waals surface area contributed by atoms with E-state index < -0.39 is 0 Å². The number of rotatable bonds is 2. The van der Waals surface area contributed by atoms with Crippen molar-refractivity contribution in [2.24, 2.45) is 10.2 Å². The van der Waals surface area contributed by atoms with Crippen molar-refractivity contribution < 1.29 is 0 Å². The predicted octanol–water partition coefficient (Wildman–Crippen LogP) is 2.96. The van der Waals surface area contributed by atoms with Gasteiger partial charge < -0.3 is 5.73 Å². The first kappa shape index (κ1) is 10.4. The molecule has 0 aliphatic rings. The van der Waals surface area contributed by atoms with E-state index in [9.17, 15) is 0 Å². The zero-order chi connectivity index (χ0) is 12.4. The summed E-state index contributed by atoms with van der Waals surface area (Å²) >= 11 is 0. The van der Waals surface area contributed by atoms with Gasteiger partial charge in [-0.15, -0.1) is 5.10 Å². The molecule has 1 aromatic heterocycles. The molecule has 88 valence electrons. The van der Waals surface area contributed by atoms with E-state index in [1.165, 1.54) is 0 Å². The second kappa shape index (κ2) is 4.25. The molecule has 0 aliphatic carbocycles. The van der Waals surface area contributed by atoms with Gasteiger partial charge in [0.2, 0.25) is 0 Å². The Morgan fingerprint density at radius 2 is 1.67 bits per heavy atom. The molecule has 6 nitrogen and oxygen atoms in total. The number of aromatic nitrogens is 3. The Balaban J connectivity index is 1.88. The van der Waals surface area contributed by atoms with E-state index in [-0.39, 0.29) is 0 Å². The fourth-order valence-electron chi connectivity index (χ4n) is 1.55. The summed E-state index contributed by atoms with van der Waals surface area (Å²) in [7, 11) is 0. The lowest BCUT2D eigenvalue weighted by Crippen LogP contribution is -1.80. The third-order valence-electron chi connectivity index (χ3n) is 2.48. The molecular formula is C12H10N6. The lowest BCUT2D eigenvalue weighted by atomic mass is 10.3. The van der Waals surface area contributed by atoms with Crippen LogP contribution in [0.5, 0.6) is 0 Å². The van der Waals surface area contributed by atoms with Gasteiger partial charge in [-0.25, -0.2) is 0 Å². The summed E-state index contributed by atoms with van der Waals surface area (Å²) < 4.78 is 0. The molecule has 0 atom stereocenters. The smallest absolute Gasteiger partial charge is 0.115 e. The summed E-state index contributed by atoms with van der Waals surface area (Å²) in [4.78, 5) is 0. The number of nitrogen functional groups attached to an aromatic ring is 1. The number of azo groups is 1. The number of nitrogens with one attached hydrogen (secondary N) is 1. The van der Waals surface area contributed by atoms with Gasteiger partial charge in [-0.2, -0.15) is 10.2 Å². The Morgan fingerprint density at radius 3 is 2.50 bits per heavy atom. The molecule has 0 saturated carbocycles. The van der Waals surface area contributed by atoms with Crippen LogP contribution in [0.3, 0.4) is 0 Å². The summed E-state index contributed by atoms with van der Waals surface area (Å²) in [6.07, 6.45) is 0. The standard InChI is InChI=1S/C12H10N6/c13-8-1-3-9(4-2-8)14-15-10-5-6-11-12(7-10)17-18-16-11/h1-7H,13H2,(H,16,17,18)/b15-14+. The maximum absolute atomic E-state index is 5.59. The Labute approximate surface area is 103 Å². The van der Waals surface area contributed by atoms with Gasteiger partial charge in [0, 0.05) is 5.69 Å². The van der Waals surface area contributed by atoms with Crippen LogP contribution in [0, 0.1) is 0 Å². The lowest BCUT2D eigenvalue weighted by Gasteiger charge is -1.94. The largest absolute Gasteiger partial charge is 0.399 e. The monoisotopic (exact) mass is 238 g/mol. The van der Waals surface area contributed by atoms with E-state index in [1.54, 1.807) is 12.1 Å². The van der Waals surface area contributed by atoms with E-state index in [2.05, 4.69) is 25.6 Å². The molecule has 6 heteroatoms. The minimum Gasteiger partial charge on any atom is -0.399 e. The Bertz CT molecular complexity index is 698. The molecule has 0 unspecified atom stereocenters. The number of benzene rings is 2. The van der Waals surface area contributed by atoms with Gasteiger partial charge in [0.15, 0.2) is 0 Å². The van der Waals surface area contributed by atoms with Crippen LogP contribution in [0.4, 0.5) is 17.1 Å². The minimum atomic E-state index is 0.706. The fraction of sp³-hybridized carbons (Fsp3) is 0. The highest BCUT2D eigenvalue weighted by Gasteiger charge is 1.98. The normalized spacial score (nSPS) is 11.3. The summed E-state index contributed by atoms with van der Waals surface area (Å²) in [6.45, 7) is 0. The van der Waals surface area contributed by atoms with Crippen LogP contribution in [0.25, 0.3) is 11.0 Å². The first-order valence-electron chi connectivity index (χ1n) is 5.39. The molecule has 0 radical (unpaired) electrons. The van der Waals surface area contributed by atoms with Crippen LogP contribution < -0.4 is 5.73 Å². The molecule has 1 heterocycles. The molecule has 3 aromatic rings. The van der Waals surface area contributed by atoms with Gasteiger partial charge in [0.25, 0.3) is 0 Å². The van der Waals surface area contributed by atoms with Crippen LogP contribution in [0.1, 0.15) is 0 Å². The second-order valence-corrected chi connectivity index (χ2v) is 3.80. The van der Waals surface area contributed by atoms with Gasteiger partial charge in [0.05, 0.1) is 16.9 Å². The van der Waals surface area contributed by atoms with Crippen LogP contribution in [-0.2, 0) is 0 Å². The van der Waals surface area contributed by atoms with Crippen LogP contribution in [0.15, 0.2) is 52.7 Å². The number of anilines is 1. The van der Waals surface area contributed by atoms with E-state index in [1.807, 2.05) is 30.3 Å². The SMILES string of the molecule is Nc1ccc(/N=N/c2ccc3[nH]nnc3c2)cc1. The number of nitrogens with zero attached hydrogens (tertiary/aromatic N) is 4. The number of fused-ring (bicyclic) bond motifs is 1. The third-order valence-corrected chi connectivity index (χ3v) is 2.48. The average Bonchev–Trinajstić information content (AvgIpc) is 2.85. The van der Waals surface area contributed by atoms with Crippen molar-refractivity contribution in [3.8, 4) is 0 Å². The third kappa shape index (κ3) is 2.03. The highest BCUT2D eigenvalue weighted by atomic mass is 15.3. The van der Waals surface area contributed by atoms with Gasteiger partial charge >= 0.3 is 0 Å². The van der Waals surface area contributed by atoms with Gasteiger partial charge in [0.1, 0.15) is 5.52 Å². The van der Waals surface area contributed by atoms with Crippen LogP contribution >= 0.6 is 0 Å². The van der Waals surface area contributed by atoms with E-state index in [4.69, 9.17) is 5.73 Å². The lowest BCUT2D eigenvalue weighted by molar-refractivity contribution is 0.959. The summed E-state index contributed by atoms with van der Waals surface area (Å²) in [5.74, 6) is 0. The number of hydrogen-bond donors (Lipinski definition) is 2. The summed E-state index contributed by atoms with van der Waals surface area (Å²) in [5, 5.41) is 18.7. The highest BCUT2D eigenvalue weighted by molar-refractivity contribution is 5.76. The molecule has 0 spiro atoms. The molecule has 3 N–H and O–H groups in total. The van der Waals surface area contributed by atoms with E-state index >= 15 is 0 Å². The van der Waals surface area contributed by atoms with Crippen molar-refractivity contribution >= 4 is 28.1 Å². The topological polar surface area (TPSA) is 92.3 Å². The number of aromatic amines is 1. The maximum Gasteiger partial charge on any atom is 0.115 e. The molecule has 3 rings (SSSR count). The Kier molecular flexibility index (Phi) is 2.45. The molecule has 0 amide bonds. The van der Waals surface area contributed by atoms with E-state index in [0.717, 1.165) is 22.4 Å². The summed E-state index contributed by atoms with van der Waals surface area (Å²) in [5.41, 5.74) is 9.43. The van der Waals surface area contributed by atoms with Gasteiger partial charge in [-0.1, -0.05) is 5.21 Å². The van der Waals surface area contributed by atoms with Crippen molar-refractivity contribution in [1.82, 2.24) is 15.4 Å². The quantitative estimate of drug-likeness (QED) is 0.531. The summed E-state index contributed by atoms with van der Waals surface area (Å²) in [6, 6.07) is 12.7. The van der Waals surface area contributed by atoms with Crippen molar-refractivity contribution in [2.75, 3.05) is 5.73 Å². The van der Waals surface area contributed by atoms with Crippen molar-refractivity contribution in [3.63, 3.8) is 0 Å². The number of nitrogens with two attached hydrogens (primary N) is 1. The van der Waals surface area contributed by atoms with Crippen molar-refractivity contribution in [2.45, 2.75) is 0 Å². The molecular weight excluding hydrogens is 228 g/mol. The van der Waals surface area contributed by atoms with Crippen molar-refractivity contribution in [1.29, 1.82) is 0 Å². The van der Waals surface area contributed by atoms with Gasteiger partial charge in [-0.05, 0) is 42.5 Å². The van der Waals surface area contributed by atoms with E-state index in [0.29, 0.717) is 5.69 Å². The molecule has 2 aromatic carbocycles. The minimum absolute atomic E-state index is 0.706. The van der Waals surface area contributed by atoms with Crippen molar-refractivity contribution in [3.05, 3.63) is 42.5 Å². The Hall–Kier alpha value is -2.76. The average molecular weight is 238 g/mol. The molecule has 0 bridgehead atoms. The predicted molar refractivity (Wildman–Crippen MR) is 68.9 cm³/mol. The molecule has 18 heavy (non-hydrogen) atoms. The van der Waals surface area contributed by atoms with Crippen LogP contribution in [-0.4, -0.2) is 15.4 Å². The zero-order valence-corrected chi connectivity index (χ0v) is 9.41. The molecule has 0 fully saturated rings. The zero-order valence-electron chi connectivity index (χ0n) is 9.41. The molecule has 0 aliphatic heterocycles.